The third-order valence-electron chi connectivity index (χ3n) is 4.28. The lowest BCUT2D eigenvalue weighted by molar-refractivity contribution is 0.174. The summed E-state index contributed by atoms with van der Waals surface area (Å²) in [6, 6.07) is 19.9. The van der Waals surface area contributed by atoms with E-state index >= 15 is 0 Å². The first-order valence-electron chi connectivity index (χ1n) is 8.29. The number of aliphatic hydroxyl groups is 1. The maximum absolute atomic E-state index is 10.3. The van der Waals surface area contributed by atoms with Crippen LogP contribution >= 0.6 is 0 Å². The summed E-state index contributed by atoms with van der Waals surface area (Å²) >= 11 is 0. The fraction of sp³-hybridized carbons (Fsp3) is 0.238. The minimum absolute atomic E-state index is 0.493. The van der Waals surface area contributed by atoms with E-state index in [0.29, 0.717) is 13.1 Å². The molecule has 0 spiro atoms. The number of nitrogens with one attached hydrogen (secondary N) is 1. The normalized spacial score (nSPS) is 12.1. The molecule has 0 aliphatic rings. The summed E-state index contributed by atoms with van der Waals surface area (Å²) in [5, 5.41) is 15.9. The van der Waals surface area contributed by atoms with Gasteiger partial charge in [0.1, 0.15) is 11.5 Å². The van der Waals surface area contributed by atoms with Crippen molar-refractivity contribution in [2.45, 2.75) is 12.6 Å². The van der Waals surface area contributed by atoms with Crippen molar-refractivity contribution in [1.29, 1.82) is 0 Å². The minimum Gasteiger partial charge on any atom is -0.497 e. The molecule has 2 N–H and O–H groups in total. The molecule has 0 heterocycles. The number of ether oxygens (including phenoxy) is 2. The standard InChI is InChI=1S/C21H23NO3/c1-24-19-8-5-16(6-9-19)21(23)14-22-13-15-3-4-18-12-20(25-2)10-7-17(18)11-15/h3-12,21-23H,13-14H2,1-2H3. The van der Waals surface area contributed by atoms with Crippen LogP contribution in [0.25, 0.3) is 10.8 Å². The van der Waals surface area contributed by atoms with Gasteiger partial charge in [-0.15, -0.1) is 0 Å². The lowest BCUT2D eigenvalue weighted by Gasteiger charge is -2.13. The van der Waals surface area contributed by atoms with Crippen molar-refractivity contribution in [1.82, 2.24) is 5.32 Å². The van der Waals surface area contributed by atoms with Crippen LogP contribution in [0.3, 0.4) is 0 Å². The average Bonchev–Trinajstić information content (AvgIpc) is 2.67. The molecule has 0 saturated carbocycles. The fourth-order valence-corrected chi connectivity index (χ4v) is 2.81. The molecule has 0 aliphatic carbocycles. The molecule has 0 radical (unpaired) electrons. The largest absolute Gasteiger partial charge is 0.497 e. The number of rotatable bonds is 7. The number of aliphatic hydroxyl groups excluding tert-OH is 1. The molecule has 0 fully saturated rings. The van der Waals surface area contributed by atoms with Crippen LogP contribution in [0.5, 0.6) is 11.5 Å². The van der Waals surface area contributed by atoms with Crippen LogP contribution < -0.4 is 14.8 Å². The van der Waals surface area contributed by atoms with Crippen molar-refractivity contribution < 1.29 is 14.6 Å². The molecule has 0 saturated heterocycles. The highest BCUT2D eigenvalue weighted by Gasteiger charge is 2.07. The lowest BCUT2D eigenvalue weighted by atomic mass is 10.1. The zero-order chi connectivity index (χ0) is 17.6. The zero-order valence-electron chi connectivity index (χ0n) is 14.5. The van der Waals surface area contributed by atoms with Gasteiger partial charge >= 0.3 is 0 Å². The van der Waals surface area contributed by atoms with E-state index in [1.807, 2.05) is 36.4 Å². The van der Waals surface area contributed by atoms with Gasteiger partial charge in [0, 0.05) is 13.1 Å². The highest BCUT2D eigenvalue weighted by molar-refractivity contribution is 5.84. The SMILES string of the molecule is COc1ccc(C(O)CNCc2ccc3cc(OC)ccc3c2)cc1. The van der Waals surface area contributed by atoms with Gasteiger partial charge in [-0.3, -0.25) is 0 Å². The molecule has 1 unspecified atom stereocenters. The Balaban J connectivity index is 1.58. The van der Waals surface area contributed by atoms with E-state index in [2.05, 4.69) is 29.6 Å². The van der Waals surface area contributed by atoms with Crippen molar-refractivity contribution in [2.75, 3.05) is 20.8 Å². The van der Waals surface area contributed by atoms with Crippen molar-refractivity contribution in [3.8, 4) is 11.5 Å². The van der Waals surface area contributed by atoms with Gasteiger partial charge in [0.2, 0.25) is 0 Å². The van der Waals surface area contributed by atoms with E-state index in [-0.39, 0.29) is 0 Å². The molecular weight excluding hydrogens is 314 g/mol. The first-order valence-corrected chi connectivity index (χ1v) is 8.29. The topological polar surface area (TPSA) is 50.7 Å². The second-order valence-corrected chi connectivity index (χ2v) is 5.97. The first kappa shape index (κ1) is 17.3. The molecule has 0 aliphatic heterocycles. The fourth-order valence-electron chi connectivity index (χ4n) is 2.81. The molecule has 0 aromatic heterocycles. The van der Waals surface area contributed by atoms with Crippen LogP contribution in [0.4, 0.5) is 0 Å². The minimum atomic E-state index is -0.546. The summed E-state index contributed by atoms with van der Waals surface area (Å²) in [5.74, 6) is 1.65. The van der Waals surface area contributed by atoms with Crippen molar-refractivity contribution in [2.24, 2.45) is 0 Å². The Morgan fingerprint density at radius 3 is 2.20 bits per heavy atom. The highest BCUT2D eigenvalue weighted by Crippen LogP contribution is 2.22. The number of hydrogen-bond acceptors (Lipinski definition) is 4. The van der Waals surface area contributed by atoms with Gasteiger partial charge in [0.05, 0.1) is 20.3 Å². The summed E-state index contributed by atoms with van der Waals surface area (Å²) < 4.78 is 10.4. The summed E-state index contributed by atoms with van der Waals surface area (Å²) in [7, 11) is 3.31. The maximum atomic E-state index is 10.3. The Morgan fingerprint density at radius 2 is 1.48 bits per heavy atom. The van der Waals surface area contributed by atoms with Crippen LogP contribution in [-0.2, 0) is 6.54 Å². The van der Waals surface area contributed by atoms with E-state index in [0.717, 1.165) is 22.4 Å². The maximum Gasteiger partial charge on any atom is 0.119 e. The molecule has 0 amide bonds. The molecule has 130 valence electrons. The van der Waals surface area contributed by atoms with E-state index < -0.39 is 6.10 Å². The zero-order valence-corrected chi connectivity index (χ0v) is 14.5. The third kappa shape index (κ3) is 4.29. The Hall–Kier alpha value is -2.56. The monoisotopic (exact) mass is 337 g/mol. The first-order chi connectivity index (χ1) is 12.2. The van der Waals surface area contributed by atoms with Gasteiger partial charge < -0.3 is 19.9 Å². The quantitative estimate of drug-likeness (QED) is 0.690. The Morgan fingerprint density at radius 1 is 0.840 bits per heavy atom. The van der Waals surface area contributed by atoms with Crippen molar-refractivity contribution in [3.63, 3.8) is 0 Å². The van der Waals surface area contributed by atoms with E-state index in [9.17, 15) is 5.11 Å². The highest BCUT2D eigenvalue weighted by atomic mass is 16.5. The predicted molar refractivity (Wildman–Crippen MR) is 100 cm³/mol. The summed E-state index contributed by atoms with van der Waals surface area (Å²) in [6.07, 6.45) is -0.546. The summed E-state index contributed by atoms with van der Waals surface area (Å²) in [6.45, 7) is 1.20. The van der Waals surface area contributed by atoms with Crippen LogP contribution in [0, 0.1) is 0 Å². The number of fused-ring (bicyclic) bond motifs is 1. The molecule has 4 heteroatoms. The average molecular weight is 337 g/mol. The van der Waals surface area contributed by atoms with E-state index in [1.54, 1.807) is 14.2 Å². The van der Waals surface area contributed by atoms with E-state index in [4.69, 9.17) is 9.47 Å². The second kappa shape index (κ2) is 8.01. The Bertz CT molecular complexity index is 830. The Kier molecular flexibility index (Phi) is 5.53. The van der Waals surface area contributed by atoms with Gasteiger partial charge in [0.25, 0.3) is 0 Å². The van der Waals surface area contributed by atoms with Gasteiger partial charge in [0.15, 0.2) is 0 Å². The van der Waals surface area contributed by atoms with Crippen molar-refractivity contribution >= 4 is 10.8 Å². The molecule has 1 atom stereocenters. The lowest BCUT2D eigenvalue weighted by Crippen LogP contribution is -2.21. The van der Waals surface area contributed by atoms with Crippen LogP contribution in [0.2, 0.25) is 0 Å². The molecule has 25 heavy (non-hydrogen) atoms. The van der Waals surface area contributed by atoms with Crippen LogP contribution in [0.1, 0.15) is 17.2 Å². The van der Waals surface area contributed by atoms with Crippen molar-refractivity contribution in [3.05, 3.63) is 71.8 Å². The van der Waals surface area contributed by atoms with Gasteiger partial charge in [-0.25, -0.2) is 0 Å². The molecule has 3 aromatic rings. The number of benzene rings is 3. The second-order valence-electron chi connectivity index (χ2n) is 5.97. The molecule has 3 aromatic carbocycles. The Labute approximate surface area is 148 Å². The van der Waals surface area contributed by atoms with Gasteiger partial charge in [-0.1, -0.05) is 30.3 Å². The smallest absolute Gasteiger partial charge is 0.119 e. The summed E-state index contributed by atoms with van der Waals surface area (Å²) in [5.41, 5.74) is 2.05. The molecule has 3 rings (SSSR count). The number of methoxy groups -OCH3 is 2. The predicted octanol–water partition coefficient (Wildman–Crippen LogP) is 3.68. The van der Waals surface area contributed by atoms with Crippen LogP contribution in [0.15, 0.2) is 60.7 Å². The molecular formula is C21H23NO3. The van der Waals surface area contributed by atoms with Gasteiger partial charge in [-0.2, -0.15) is 0 Å². The molecule has 0 bridgehead atoms. The number of hydrogen-bond donors (Lipinski definition) is 2. The third-order valence-corrected chi connectivity index (χ3v) is 4.28. The van der Waals surface area contributed by atoms with Crippen LogP contribution in [-0.4, -0.2) is 25.9 Å². The van der Waals surface area contributed by atoms with Gasteiger partial charge in [-0.05, 0) is 52.2 Å². The molecule has 4 nitrogen and oxygen atoms in total. The summed E-state index contributed by atoms with van der Waals surface area (Å²) in [4.78, 5) is 0. The van der Waals surface area contributed by atoms with E-state index in [1.165, 1.54) is 10.9 Å².